The van der Waals surface area contributed by atoms with E-state index in [2.05, 4.69) is 0 Å². The van der Waals surface area contributed by atoms with Gasteiger partial charge < -0.3 is 10.0 Å². The van der Waals surface area contributed by atoms with Gasteiger partial charge in [-0.25, -0.2) is 8.78 Å². The number of likely N-dealkylation sites (tertiary alicyclic amines) is 1. The zero-order valence-electron chi connectivity index (χ0n) is 7.41. The Labute approximate surface area is 79.7 Å². The number of carbonyl (C=O) groups excluding carboxylic acids is 1. The van der Waals surface area contributed by atoms with Crippen molar-refractivity contribution < 1.29 is 18.7 Å². The largest absolute Gasteiger partial charge is 0.394 e. The molecule has 0 unspecified atom stereocenters. The fourth-order valence-electron chi connectivity index (χ4n) is 1.52. The lowest BCUT2D eigenvalue weighted by Crippen LogP contribution is -2.38. The Hall–Kier alpha value is -1.22. The van der Waals surface area contributed by atoms with Gasteiger partial charge in [-0.15, -0.1) is 0 Å². The van der Waals surface area contributed by atoms with Crippen LogP contribution in [0.3, 0.4) is 0 Å². The van der Waals surface area contributed by atoms with E-state index in [-0.39, 0.29) is 0 Å². The molecule has 1 rings (SSSR count). The minimum atomic E-state index is -2.95. The second-order valence-corrected chi connectivity index (χ2v) is 3.25. The lowest BCUT2D eigenvalue weighted by atomic mass is 10.2. The summed E-state index contributed by atoms with van der Waals surface area (Å²) in [6.45, 7) is -1.19. The van der Waals surface area contributed by atoms with Gasteiger partial charge in [0.25, 0.3) is 5.92 Å². The molecule has 1 amide bonds. The van der Waals surface area contributed by atoms with Gasteiger partial charge >= 0.3 is 0 Å². The molecule has 14 heavy (non-hydrogen) atoms. The van der Waals surface area contributed by atoms with E-state index in [4.69, 9.17) is 10.4 Å². The van der Waals surface area contributed by atoms with E-state index in [1.54, 1.807) is 6.07 Å². The second kappa shape index (κ2) is 3.88. The Bertz CT molecular complexity index is 275. The highest BCUT2D eigenvalue weighted by molar-refractivity contribution is 5.79. The maximum Gasteiger partial charge on any atom is 0.267 e. The summed E-state index contributed by atoms with van der Waals surface area (Å²) in [5.74, 6) is -3.60. The highest BCUT2D eigenvalue weighted by atomic mass is 19.3. The molecule has 0 spiro atoms. The molecule has 1 atom stereocenters. The Morgan fingerprint density at radius 1 is 1.71 bits per heavy atom. The maximum absolute atomic E-state index is 12.8. The van der Waals surface area contributed by atoms with Crippen LogP contribution in [0.2, 0.25) is 0 Å². The van der Waals surface area contributed by atoms with Gasteiger partial charge in [0.2, 0.25) is 5.91 Å². The first-order valence-corrected chi connectivity index (χ1v) is 4.15. The summed E-state index contributed by atoms with van der Waals surface area (Å²) < 4.78 is 25.7. The molecule has 1 heterocycles. The normalized spacial score (nSPS) is 24.7. The third-order valence-corrected chi connectivity index (χ3v) is 2.14. The first kappa shape index (κ1) is 10.9. The summed E-state index contributed by atoms with van der Waals surface area (Å²) in [6.07, 6.45) is -0.951. The van der Waals surface area contributed by atoms with Gasteiger partial charge in [-0.3, -0.25) is 4.79 Å². The molecule has 0 aromatic rings. The predicted octanol–water partition coefficient (Wildman–Crippen LogP) is 0.129. The average Bonchev–Trinajstić information content (AvgIpc) is 2.41. The number of rotatable bonds is 2. The number of nitrogens with zero attached hydrogens (tertiary/aromatic N) is 2. The summed E-state index contributed by atoms with van der Waals surface area (Å²) in [5.41, 5.74) is 0. The van der Waals surface area contributed by atoms with Gasteiger partial charge in [0.05, 0.1) is 25.3 Å². The molecule has 1 fully saturated rings. The minimum Gasteiger partial charge on any atom is -0.394 e. The van der Waals surface area contributed by atoms with Crippen LogP contribution in [0.1, 0.15) is 12.8 Å². The van der Waals surface area contributed by atoms with E-state index in [9.17, 15) is 13.6 Å². The number of aliphatic hydroxyl groups is 1. The highest BCUT2D eigenvalue weighted by Crippen LogP contribution is 2.31. The molecule has 1 saturated heterocycles. The molecule has 0 bridgehead atoms. The topological polar surface area (TPSA) is 64.3 Å². The minimum absolute atomic E-state index is 0.424. The molecule has 0 saturated carbocycles. The number of alkyl halides is 2. The summed E-state index contributed by atoms with van der Waals surface area (Å²) in [6, 6.07) is 0.743. The fraction of sp³-hybridized carbons (Fsp3) is 0.750. The smallest absolute Gasteiger partial charge is 0.267 e. The van der Waals surface area contributed by atoms with Crippen LogP contribution in [0.15, 0.2) is 0 Å². The van der Waals surface area contributed by atoms with Gasteiger partial charge in [-0.2, -0.15) is 5.26 Å². The van der Waals surface area contributed by atoms with Crippen LogP contribution in [-0.2, 0) is 4.79 Å². The van der Waals surface area contributed by atoms with Crippen LogP contribution in [0.4, 0.5) is 8.78 Å². The van der Waals surface area contributed by atoms with Crippen molar-refractivity contribution in [3.8, 4) is 6.07 Å². The number of hydrogen-bond donors (Lipinski definition) is 1. The summed E-state index contributed by atoms with van der Waals surface area (Å²) in [7, 11) is 0. The van der Waals surface area contributed by atoms with Gasteiger partial charge in [0.15, 0.2) is 0 Å². The molecule has 0 aromatic heterocycles. The summed E-state index contributed by atoms with van der Waals surface area (Å²) in [5, 5.41) is 17.0. The van der Waals surface area contributed by atoms with Crippen LogP contribution < -0.4 is 0 Å². The molecule has 6 heteroatoms. The van der Waals surface area contributed by atoms with E-state index in [1.807, 2.05) is 0 Å². The van der Waals surface area contributed by atoms with Crippen molar-refractivity contribution in [2.75, 3.05) is 13.2 Å². The van der Waals surface area contributed by atoms with Gasteiger partial charge in [0, 0.05) is 6.42 Å². The van der Waals surface area contributed by atoms with Crippen molar-refractivity contribution in [1.82, 2.24) is 4.90 Å². The third-order valence-electron chi connectivity index (χ3n) is 2.14. The summed E-state index contributed by atoms with van der Waals surface area (Å²) >= 11 is 0. The van der Waals surface area contributed by atoms with Crippen molar-refractivity contribution >= 4 is 5.91 Å². The van der Waals surface area contributed by atoms with E-state index in [1.165, 1.54) is 0 Å². The van der Waals surface area contributed by atoms with E-state index >= 15 is 0 Å². The molecule has 1 N–H and O–H groups in total. The number of halogens is 2. The number of hydrogen-bond acceptors (Lipinski definition) is 3. The van der Waals surface area contributed by atoms with E-state index in [0.29, 0.717) is 0 Å². The molecule has 78 valence electrons. The monoisotopic (exact) mass is 204 g/mol. The molecular formula is C8H10F2N2O2. The standard InChI is InChI=1S/C8H10F2N2O2/c9-8(10)3-6(4-13)12(5-8)7(14)1-2-11/h6,13H,1,3-5H2/t6-/m0/s1. The molecule has 0 radical (unpaired) electrons. The van der Waals surface area contributed by atoms with Crippen LogP contribution in [0.5, 0.6) is 0 Å². The lowest BCUT2D eigenvalue weighted by molar-refractivity contribution is -0.132. The molecule has 0 aromatic carbocycles. The molecule has 4 nitrogen and oxygen atoms in total. The van der Waals surface area contributed by atoms with Gasteiger partial charge in [-0.05, 0) is 0 Å². The van der Waals surface area contributed by atoms with Crippen molar-refractivity contribution in [2.24, 2.45) is 0 Å². The number of aliphatic hydroxyl groups excluding tert-OH is 1. The molecule has 0 aliphatic carbocycles. The van der Waals surface area contributed by atoms with Crippen molar-refractivity contribution in [3.63, 3.8) is 0 Å². The maximum atomic E-state index is 12.8. The highest BCUT2D eigenvalue weighted by Gasteiger charge is 2.46. The van der Waals surface area contributed by atoms with Crippen LogP contribution in [-0.4, -0.2) is 41.0 Å². The van der Waals surface area contributed by atoms with E-state index in [0.717, 1.165) is 4.90 Å². The molecule has 1 aliphatic heterocycles. The van der Waals surface area contributed by atoms with Crippen LogP contribution >= 0.6 is 0 Å². The average molecular weight is 204 g/mol. The van der Waals surface area contributed by atoms with Crippen LogP contribution in [0.25, 0.3) is 0 Å². The lowest BCUT2D eigenvalue weighted by Gasteiger charge is -2.20. The van der Waals surface area contributed by atoms with Crippen molar-refractivity contribution in [3.05, 3.63) is 0 Å². The SMILES string of the molecule is N#CCC(=O)N1CC(F)(F)C[C@H]1CO. The first-order valence-electron chi connectivity index (χ1n) is 4.15. The Balaban J connectivity index is 2.69. The van der Waals surface area contributed by atoms with Gasteiger partial charge in [0.1, 0.15) is 6.42 Å². The summed E-state index contributed by atoms with van der Waals surface area (Å²) in [4.78, 5) is 12.0. The quantitative estimate of drug-likeness (QED) is 0.695. The number of amides is 1. The number of carbonyl (C=O) groups is 1. The first-order chi connectivity index (χ1) is 6.50. The van der Waals surface area contributed by atoms with Crippen molar-refractivity contribution in [1.29, 1.82) is 5.26 Å². The van der Waals surface area contributed by atoms with Crippen molar-refractivity contribution in [2.45, 2.75) is 24.8 Å². The third kappa shape index (κ3) is 2.17. The Kier molecular flexibility index (Phi) is 3.01. The molecule has 1 aliphatic rings. The molecular weight excluding hydrogens is 194 g/mol. The van der Waals surface area contributed by atoms with E-state index < -0.39 is 43.9 Å². The zero-order chi connectivity index (χ0) is 10.8. The predicted molar refractivity (Wildman–Crippen MR) is 42.4 cm³/mol. The second-order valence-electron chi connectivity index (χ2n) is 3.25. The zero-order valence-corrected chi connectivity index (χ0v) is 7.41. The fourth-order valence-corrected chi connectivity index (χ4v) is 1.52. The number of nitriles is 1. The Morgan fingerprint density at radius 2 is 2.36 bits per heavy atom. The van der Waals surface area contributed by atoms with Gasteiger partial charge in [-0.1, -0.05) is 0 Å². The Morgan fingerprint density at radius 3 is 2.86 bits per heavy atom. The van der Waals surface area contributed by atoms with Crippen LogP contribution in [0, 0.1) is 11.3 Å².